The van der Waals surface area contributed by atoms with Crippen LogP contribution in [0.4, 0.5) is 0 Å². The molecule has 2 fully saturated rings. The summed E-state index contributed by atoms with van der Waals surface area (Å²) in [6.07, 6.45) is 0. The van der Waals surface area contributed by atoms with Gasteiger partial charge in [0.15, 0.2) is 0 Å². The summed E-state index contributed by atoms with van der Waals surface area (Å²) in [7, 11) is 0. The van der Waals surface area contributed by atoms with E-state index in [1.807, 2.05) is 23.1 Å². The molecule has 2 amide bonds. The molecule has 114 valence electrons. The first-order valence-electron chi connectivity index (χ1n) is 7.06. The van der Waals surface area contributed by atoms with Crippen LogP contribution in [0.1, 0.15) is 10.4 Å². The average Bonchev–Trinajstić information content (AvgIpc) is 3.06. The Morgan fingerprint density at radius 1 is 1.14 bits per heavy atom. The third kappa shape index (κ3) is 3.54. The van der Waals surface area contributed by atoms with E-state index in [9.17, 15) is 9.59 Å². The van der Waals surface area contributed by atoms with Gasteiger partial charge in [0.25, 0.3) is 5.91 Å². The van der Waals surface area contributed by atoms with Crippen molar-refractivity contribution >= 4 is 24.2 Å². The summed E-state index contributed by atoms with van der Waals surface area (Å²) in [5, 5.41) is 6.04. The van der Waals surface area contributed by atoms with Crippen molar-refractivity contribution < 1.29 is 9.59 Å². The lowest BCUT2D eigenvalue weighted by Gasteiger charge is -2.17. The summed E-state index contributed by atoms with van der Waals surface area (Å²) in [5.74, 6) is 0.997. The number of fused-ring (bicyclic) bond motifs is 1. The molecule has 2 saturated heterocycles. The Morgan fingerprint density at radius 3 is 2.38 bits per heavy atom. The van der Waals surface area contributed by atoms with E-state index in [1.165, 1.54) is 0 Å². The molecule has 1 aromatic rings. The molecule has 0 aliphatic carbocycles. The van der Waals surface area contributed by atoms with Crippen LogP contribution in [0, 0.1) is 11.8 Å². The lowest BCUT2D eigenvalue weighted by atomic mass is 10.0. The summed E-state index contributed by atoms with van der Waals surface area (Å²) in [4.78, 5) is 25.8. The van der Waals surface area contributed by atoms with E-state index in [2.05, 4.69) is 10.6 Å². The Balaban J connectivity index is 0.00000161. The van der Waals surface area contributed by atoms with Crippen molar-refractivity contribution in [3.05, 3.63) is 35.9 Å². The maximum absolute atomic E-state index is 12.1. The lowest BCUT2D eigenvalue weighted by Crippen LogP contribution is -2.40. The van der Waals surface area contributed by atoms with Gasteiger partial charge in [-0.15, -0.1) is 12.4 Å². The van der Waals surface area contributed by atoms with Gasteiger partial charge in [-0.1, -0.05) is 18.2 Å². The highest BCUT2D eigenvalue weighted by atomic mass is 35.5. The molecule has 0 bridgehead atoms. The fraction of sp³-hybridized carbons (Fsp3) is 0.467. The van der Waals surface area contributed by atoms with Crippen LogP contribution in [0.5, 0.6) is 0 Å². The first-order valence-corrected chi connectivity index (χ1v) is 7.06. The second-order valence-corrected chi connectivity index (χ2v) is 5.53. The number of nitrogens with one attached hydrogen (secondary N) is 2. The molecule has 3 rings (SSSR count). The van der Waals surface area contributed by atoms with Crippen molar-refractivity contribution in [2.24, 2.45) is 11.8 Å². The van der Waals surface area contributed by atoms with Crippen LogP contribution in [0.15, 0.2) is 30.3 Å². The van der Waals surface area contributed by atoms with E-state index in [0.717, 1.165) is 26.2 Å². The number of carbonyl (C=O) groups excluding carboxylic acids is 2. The van der Waals surface area contributed by atoms with Gasteiger partial charge in [-0.25, -0.2) is 0 Å². The molecule has 1 aromatic carbocycles. The Labute approximate surface area is 130 Å². The van der Waals surface area contributed by atoms with Gasteiger partial charge < -0.3 is 15.5 Å². The van der Waals surface area contributed by atoms with Crippen molar-refractivity contribution in [2.75, 3.05) is 32.7 Å². The first kappa shape index (κ1) is 15.8. The van der Waals surface area contributed by atoms with Crippen LogP contribution in [0.3, 0.4) is 0 Å². The third-order valence-electron chi connectivity index (χ3n) is 4.18. The highest BCUT2D eigenvalue weighted by Gasteiger charge is 2.37. The summed E-state index contributed by atoms with van der Waals surface area (Å²) >= 11 is 0. The Bertz CT molecular complexity index is 497. The topological polar surface area (TPSA) is 61.4 Å². The number of carbonyl (C=O) groups is 2. The fourth-order valence-electron chi connectivity index (χ4n) is 3.02. The van der Waals surface area contributed by atoms with Crippen molar-refractivity contribution in [1.82, 2.24) is 15.5 Å². The number of likely N-dealkylation sites (tertiary alicyclic amines) is 1. The van der Waals surface area contributed by atoms with E-state index in [-0.39, 0.29) is 30.8 Å². The number of nitrogens with zero attached hydrogens (tertiary/aromatic N) is 1. The van der Waals surface area contributed by atoms with E-state index in [4.69, 9.17) is 0 Å². The van der Waals surface area contributed by atoms with Gasteiger partial charge in [0.2, 0.25) is 5.91 Å². The second-order valence-electron chi connectivity index (χ2n) is 5.53. The molecule has 2 aliphatic rings. The molecular formula is C15H20ClN3O2. The number of rotatable bonds is 3. The Hall–Kier alpha value is -1.59. The van der Waals surface area contributed by atoms with Gasteiger partial charge in [0.05, 0.1) is 6.54 Å². The highest BCUT2D eigenvalue weighted by molar-refractivity contribution is 5.96. The Kier molecular flexibility index (Phi) is 5.20. The van der Waals surface area contributed by atoms with E-state index >= 15 is 0 Å². The molecule has 2 N–H and O–H groups in total. The van der Waals surface area contributed by atoms with Gasteiger partial charge in [-0.05, 0) is 24.0 Å². The van der Waals surface area contributed by atoms with Crippen molar-refractivity contribution in [2.45, 2.75) is 0 Å². The molecular weight excluding hydrogens is 290 g/mol. The maximum Gasteiger partial charge on any atom is 0.251 e. The van der Waals surface area contributed by atoms with E-state index < -0.39 is 0 Å². The molecule has 0 saturated carbocycles. The molecule has 0 radical (unpaired) electrons. The molecule has 21 heavy (non-hydrogen) atoms. The highest BCUT2D eigenvalue weighted by Crippen LogP contribution is 2.25. The number of benzene rings is 1. The molecule has 2 atom stereocenters. The minimum absolute atomic E-state index is 0. The number of hydrogen-bond donors (Lipinski definition) is 2. The average molecular weight is 310 g/mol. The Morgan fingerprint density at radius 2 is 1.76 bits per heavy atom. The van der Waals surface area contributed by atoms with Crippen LogP contribution in [0.25, 0.3) is 0 Å². The quantitative estimate of drug-likeness (QED) is 0.855. The van der Waals surface area contributed by atoms with Gasteiger partial charge >= 0.3 is 0 Å². The zero-order chi connectivity index (χ0) is 13.9. The van der Waals surface area contributed by atoms with Crippen molar-refractivity contribution in [1.29, 1.82) is 0 Å². The molecule has 5 nitrogen and oxygen atoms in total. The van der Waals surface area contributed by atoms with Crippen LogP contribution < -0.4 is 10.6 Å². The summed E-state index contributed by atoms with van der Waals surface area (Å²) in [6.45, 7) is 3.73. The molecule has 6 heteroatoms. The van der Waals surface area contributed by atoms with Gasteiger partial charge in [0, 0.05) is 31.7 Å². The van der Waals surface area contributed by atoms with E-state index in [1.54, 1.807) is 12.1 Å². The third-order valence-corrected chi connectivity index (χ3v) is 4.18. The number of hydrogen-bond acceptors (Lipinski definition) is 3. The molecule has 2 heterocycles. The predicted molar refractivity (Wildman–Crippen MR) is 82.5 cm³/mol. The normalized spacial score (nSPS) is 23.3. The maximum atomic E-state index is 12.1. The molecule has 0 aromatic heterocycles. The zero-order valence-electron chi connectivity index (χ0n) is 11.7. The van der Waals surface area contributed by atoms with Crippen LogP contribution in [-0.2, 0) is 4.79 Å². The zero-order valence-corrected chi connectivity index (χ0v) is 12.6. The van der Waals surface area contributed by atoms with Crippen LogP contribution in [-0.4, -0.2) is 49.4 Å². The predicted octanol–water partition coefficient (Wildman–Crippen LogP) is 0.516. The molecule has 0 spiro atoms. The van der Waals surface area contributed by atoms with Crippen molar-refractivity contribution in [3.63, 3.8) is 0 Å². The summed E-state index contributed by atoms with van der Waals surface area (Å²) in [5.41, 5.74) is 0.586. The lowest BCUT2D eigenvalue weighted by molar-refractivity contribution is -0.129. The van der Waals surface area contributed by atoms with Gasteiger partial charge in [-0.2, -0.15) is 0 Å². The smallest absolute Gasteiger partial charge is 0.251 e. The largest absolute Gasteiger partial charge is 0.343 e. The first-order chi connectivity index (χ1) is 9.74. The molecule has 2 aliphatic heterocycles. The number of amides is 2. The van der Waals surface area contributed by atoms with Crippen molar-refractivity contribution in [3.8, 4) is 0 Å². The van der Waals surface area contributed by atoms with Crippen LogP contribution >= 0.6 is 12.4 Å². The minimum Gasteiger partial charge on any atom is -0.343 e. The fourth-order valence-corrected chi connectivity index (χ4v) is 3.02. The summed E-state index contributed by atoms with van der Waals surface area (Å²) in [6, 6.07) is 8.97. The second kappa shape index (κ2) is 6.91. The minimum atomic E-state index is -0.194. The SMILES string of the molecule is Cl.O=C(NCC(=O)N1C[C@H]2CNC[C@H]2C1)c1ccccc1. The van der Waals surface area contributed by atoms with Crippen LogP contribution in [0.2, 0.25) is 0 Å². The number of halogens is 1. The molecule has 0 unspecified atom stereocenters. The standard InChI is InChI=1S/C15H19N3O2.ClH/c19-14(18-9-12-6-16-7-13(12)10-18)8-17-15(20)11-4-2-1-3-5-11;/h1-5,12-13,16H,6-10H2,(H,17,20);1H/t12-,13+;. The van der Waals surface area contributed by atoms with E-state index in [0.29, 0.717) is 17.4 Å². The monoisotopic (exact) mass is 309 g/mol. The van der Waals surface area contributed by atoms with Gasteiger partial charge in [0.1, 0.15) is 0 Å². The summed E-state index contributed by atoms with van der Waals surface area (Å²) < 4.78 is 0. The van der Waals surface area contributed by atoms with Gasteiger partial charge in [-0.3, -0.25) is 9.59 Å².